The van der Waals surface area contributed by atoms with Gasteiger partial charge >= 0.3 is 5.97 Å². The minimum Gasteiger partial charge on any atom is -0.457 e. The molecule has 2 unspecified atom stereocenters. The zero-order valence-electron chi connectivity index (χ0n) is 7.59. The van der Waals surface area contributed by atoms with Crippen LogP contribution in [0.25, 0.3) is 0 Å². The van der Waals surface area contributed by atoms with Crippen LogP contribution >= 0.6 is 0 Å². The fraction of sp³-hybridized carbons (Fsp3) is 0.667. The number of hydrogen-bond acceptors (Lipinski definition) is 3. The smallest absolute Gasteiger partial charge is 0.333 e. The largest absolute Gasteiger partial charge is 0.457 e. The molecule has 0 bridgehead atoms. The van der Waals surface area contributed by atoms with Gasteiger partial charge in [-0.2, -0.15) is 0 Å². The molecule has 1 heterocycles. The Hall–Kier alpha value is -0.830. The first kappa shape index (κ1) is 9.26. The molecule has 3 heteroatoms. The molecule has 1 fully saturated rings. The Morgan fingerprint density at radius 2 is 2.33 bits per heavy atom. The number of ether oxygens (including phenoxy) is 1. The summed E-state index contributed by atoms with van der Waals surface area (Å²) in [5, 5.41) is 3.21. The molecule has 0 aromatic carbocycles. The topological polar surface area (TPSA) is 38.3 Å². The van der Waals surface area contributed by atoms with Gasteiger partial charge in [-0.25, -0.2) is 4.79 Å². The zero-order chi connectivity index (χ0) is 9.14. The molecule has 0 aliphatic carbocycles. The lowest BCUT2D eigenvalue weighted by molar-refractivity contribution is -0.144. The van der Waals surface area contributed by atoms with E-state index in [2.05, 4.69) is 11.9 Å². The summed E-state index contributed by atoms with van der Waals surface area (Å²) in [6.45, 7) is 8.13. The first-order valence-electron chi connectivity index (χ1n) is 4.21. The van der Waals surface area contributed by atoms with Crippen molar-refractivity contribution in [2.45, 2.75) is 32.4 Å². The van der Waals surface area contributed by atoms with E-state index in [-0.39, 0.29) is 18.1 Å². The summed E-state index contributed by atoms with van der Waals surface area (Å²) in [4.78, 5) is 11.1. The molecule has 0 amide bonds. The first-order chi connectivity index (χ1) is 5.61. The van der Waals surface area contributed by atoms with Gasteiger partial charge in [0.2, 0.25) is 0 Å². The van der Waals surface area contributed by atoms with Crippen molar-refractivity contribution in [3.05, 3.63) is 12.2 Å². The van der Waals surface area contributed by atoms with Gasteiger partial charge in [0.25, 0.3) is 0 Å². The highest BCUT2D eigenvalue weighted by atomic mass is 16.5. The highest BCUT2D eigenvalue weighted by Crippen LogP contribution is 2.12. The van der Waals surface area contributed by atoms with Crippen LogP contribution in [0.5, 0.6) is 0 Å². The highest BCUT2D eigenvalue weighted by Gasteiger charge is 2.26. The molecular weight excluding hydrogens is 154 g/mol. The lowest BCUT2D eigenvalue weighted by Gasteiger charge is -2.15. The standard InChI is InChI=1S/C9H15NO2/c1-6(2)9(11)12-8-4-5-10-7(8)3/h7-8,10H,1,4-5H2,2-3H3. The summed E-state index contributed by atoms with van der Waals surface area (Å²) >= 11 is 0. The van der Waals surface area contributed by atoms with E-state index in [4.69, 9.17) is 4.74 Å². The maximum Gasteiger partial charge on any atom is 0.333 e. The second kappa shape index (κ2) is 3.72. The third-order valence-corrected chi connectivity index (χ3v) is 2.06. The Kier molecular flexibility index (Phi) is 2.87. The molecule has 0 aromatic heterocycles. The molecule has 1 rings (SSSR count). The third-order valence-electron chi connectivity index (χ3n) is 2.06. The van der Waals surface area contributed by atoms with Crippen LogP contribution in [0.1, 0.15) is 20.3 Å². The number of esters is 1. The zero-order valence-corrected chi connectivity index (χ0v) is 7.59. The van der Waals surface area contributed by atoms with Gasteiger partial charge in [-0.3, -0.25) is 0 Å². The van der Waals surface area contributed by atoms with Crippen LogP contribution in [0.3, 0.4) is 0 Å². The second-order valence-corrected chi connectivity index (χ2v) is 3.26. The van der Waals surface area contributed by atoms with E-state index >= 15 is 0 Å². The first-order valence-corrected chi connectivity index (χ1v) is 4.21. The Morgan fingerprint density at radius 1 is 1.67 bits per heavy atom. The molecule has 0 spiro atoms. The fourth-order valence-electron chi connectivity index (χ4n) is 1.23. The monoisotopic (exact) mass is 169 g/mol. The molecule has 0 aromatic rings. The van der Waals surface area contributed by atoms with E-state index in [0.717, 1.165) is 13.0 Å². The van der Waals surface area contributed by atoms with Crippen molar-refractivity contribution in [2.75, 3.05) is 6.54 Å². The quantitative estimate of drug-likeness (QED) is 0.492. The van der Waals surface area contributed by atoms with E-state index < -0.39 is 0 Å². The average molecular weight is 169 g/mol. The Morgan fingerprint density at radius 3 is 2.75 bits per heavy atom. The van der Waals surface area contributed by atoms with Crippen LogP contribution < -0.4 is 5.32 Å². The van der Waals surface area contributed by atoms with Crippen molar-refractivity contribution < 1.29 is 9.53 Å². The second-order valence-electron chi connectivity index (χ2n) is 3.26. The maximum atomic E-state index is 11.1. The third kappa shape index (κ3) is 2.08. The minimum atomic E-state index is -0.282. The predicted octanol–water partition coefficient (Wildman–Crippen LogP) is 0.856. The van der Waals surface area contributed by atoms with Gasteiger partial charge in [0.1, 0.15) is 6.10 Å². The Bertz CT molecular complexity index is 201. The predicted molar refractivity (Wildman–Crippen MR) is 46.8 cm³/mol. The molecular formula is C9H15NO2. The molecule has 3 nitrogen and oxygen atoms in total. The maximum absolute atomic E-state index is 11.1. The molecule has 1 aliphatic rings. The van der Waals surface area contributed by atoms with Gasteiger partial charge in [0, 0.05) is 11.6 Å². The van der Waals surface area contributed by atoms with Gasteiger partial charge in [0.15, 0.2) is 0 Å². The van der Waals surface area contributed by atoms with Crippen molar-refractivity contribution in [3.8, 4) is 0 Å². The van der Waals surface area contributed by atoms with Crippen LogP contribution in [-0.4, -0.2) is 24.7 Å². The van der Waals surface area contributed by atoms with Gasteiger partial charge in [-0.15, -0.1) is 0 Å². The highest BCUT2D eigenvalue weighted by molar-refractivity contribution is 5.87. The van der Waals surface area contributed by atoms with Crippen LogP contribution in [0, 0.1) is 0 Å². The van der Waals surface area contributed by atoms with E-state index in [9.17, 15) is 4.79 Å². The van der Waals surface area contributed by atoms with E-state index in [1.807, 2.05) is 6.92 Å². The number of carbonyl (C=O) groups excluding carboxylic acids is 1. The molecule has 1 aliphatic heterocycles. The van der Waals surface area contributed by atoms with E-state index in [1.165, 1.54) is 0 Å². The van der Waals surface area contributed by atoms with Crippen molar-refractivity contribution in [1.82, 2.24) is 5.32 Å². The summed E-state index contributed by atoms with van der Waals surface area (Å²) in [6, 6.07) is 0.272. The van der Waals surface area contributed by atoms with Crippen molar-refractivity contribution in [2.24, 2.45) is 0 Å². The van der Waals surface area contributed by atoms with Crippen molar-refractivity contribution in [3.63, 3.8) is 0 Å². The normalized spacial score (nSPS) is 28.5. The summed E-state index contributed by atoms with van der Waals surface area (Å²) in [5.74, 6) is -0.282. The number of nitrogens with one attached hydrogen (secondary N) is 1. The Balaban J connectivity index is 2.40. The fourth-order valence-corrected chi connectivity index (χ4v) is 1.23. The molecule has 12 heavy (non-hydrogen) atoms. The number of hydrogen-bond donors (Lipinski definition) is 1. The SMILES string of the molecule is C=C(C)C(=O)OC1CCNC1C. The van der Waals surface area contributed by atoms with Crippen molar-refractivity contribution in [1.29, 1.82) is 0 Å². The molecule has 1 N–H and O–H groups in total. The van der Waals surface area contributed by atoms with E-state index in [0.29, 0.717) is 5.57 Å². The van der Waals surface area contributed by atoms with Gasteiger partial charge in [0.05, 0.1) is 0 Å². The van der Waals surface area contributed by atoms with Crippen LogP contribution in [-0.2, 0) is 9.53 Å². The summed E-state index contributed by atoms with van der Waals surface area (Å²) in [5.41, 5.74) is 0.467. The van der Waals surface area contributed by atoms with Gasteiger partial charge in [-0.05, 0) is 26.8 Å². The van der Waals surface area contributed by atoms with Crippen LogP contribution in [0.15, 0.2) is 12.2 Å². The average Bonchev–Trinajstić information content (AvgIpc) is 2.36. The minimum absolute atomic E-state index is 0.0224. The van der Waals surface area contributed by atoms with Gasteiger partial charge in [-0.1, -0.05) is 6.58 Å². The number of carbonyl (C=O) groups is 1. The molecule has 2 atom stereocenters. The molecule has 0 radical (unpaired) electrons. The lowest BCUT2D eigenvalue weighted by atomic mass is 10.2. The summed E-state index contributed by atoms with van der Waals surface area (Å²) in [6.07, 6.45) is 0.925. The van der Waals surface area contributed by atoms with Crippen LogP contribution in [0.2, 0.25) is 0 Å². The molecule has 68 valence electrons. The van der Waals surface area contributed by atoms with Crippen LogP contribution in [0.4, 0.5) is 0 Å². The Labute approximate surface area is 72.8 Å². The van der Waals surface area contributed by atoms with E-state index in [1.54, 1.807) is 6.92 Å². The lowest BCUT2D eigenvalue weighted by Crippen LogP contribution is -2.30. The van der Waals surface area contributed by atoms with Gasteiger partial charge < -0.3 is 10.1 Å². The molecule has 0 saturated carbocycles. The molecule has 1 saturated heterocycles. The summed E-state index contributed by atoms with van der Waals surface area (Å²) < 4.78 is 5.18. The number of rotatable bonds is 2. The van der Waals surface area contributed by atoms with Crippen molar-refractivity contribution >= 4 is 5.97 Å². The summed E-state index contributed by atoms with van der Waals surface area (Å²) in [7, 11) is 0.